The van der Waals surface area contributed by atoms with Crippen molar-refractivity contribution in [1.29, 1.82) is 0 Å². The summed E-state index contributed by atoms with van der Waals surface area (Å²) in [5.74, 6) is -0.800. The summed E-state index contributed by atoms with van der Waals surface area (Å²) in [6.45, 7) is 3.41. The zero-order chi connectivity index (χ0) is 18.2. The highest BCUT2D eigenvalue weighted by molar-refractivity contribution is 5.96. The van der Waals surface area contributed by atoms with E-state index in [2.05, 4.69) is 10.6 Å². The molecule has 1 aromatic rings. The van der Waals surface area contributed by atoms with Crippen LogP contribution in [0, 0.1) is 5.92 Å². The summed E-state index contributed by atoms with van der Waals surface area (Å²) in [5.41, 5.74) is 0.823. The molecule has 3 amide bonds. The lowest BCUT2D eigenvalue weighted by Gasteiger charge is -2.33. The van der Waals surface area contributed by atoms with E-state index in [1.54, 1.807) is 6.92 Å². The first-order valence-corrected chi connectivity index (χ1v) is 8.65. The smallest absolute Gasteiger partial charge is 0.321 e. The number of carbonyl (C=O) groups excluding carboxylic acids is 3. The minimum Gasteiger partial charge on any atom is -0.466 e. The lowest BCUT2D eigenvalue weighted by Crippen LogP contribution is -3.15. The van der Waals surface area contributed by atoms with Gasteiger partial charge in [0.2, 0.25) is 0 Å². The summed E-state index contributed by atoms with van der Waals surface area (Å²) in [6.07, 6.45) is 1.59. The highest BCUT2D eigenvalue weighted by atomic mass is 16.5. The Bertz CT molecular complexity index is 606. The third-order valence-corrected chi connectivity index (χ3v) is 4.45. The molecular formula is C18H26N3O4+. The number of amides is 3. The molecule has 0 saturated carbocycles. The molecule has 25 heavy (non-hydrogen) atoms. The molecule has 1 unspecified atom stereocenters. The number of quaternary nitrogens is 1. The topological polar surface area (TPSA) is 88.9 Å². The van der Waals surface area contributed by atoms with E-state index in [-0.39, 0.29) is 17.8 Å². The summed E-state index contributed by atoms with van der Waals surface area (Å²) in [7, 11) is 1.46. The van der Waals surface area contributed by atoms with E-state index < -0.39 is 12.1 Å². The number of ether oxygens (including phenoxy) is 1. The number of urea groups is 1. The number of likely N-dealkylation sites (tertiary alicyclic amines) is 1. The van der Waals surface area contributed by atoms with E-state index in [9.17, 15) is 14.4 Å². The largest absolute Gasteiger partial charge is 0.466 e. The molecule has 0 radical (unpaired) electrons. The van der Waals surface area contributed by atoms with Gasteiger partial charge in [-0.25, -0.2) is 4.79 Å². The van der Waals surface area contributed by atoms with Crippen LogP contribution in [0.4, 0.5) is 4.79 Å². The van der Waals surface area contributed by atoms with Gasteiger partial charge in [-0.15, -0.1) is 0 Å². The molecular weight excluding hydrogens is 322 g/mol. The van der Waals surface area contributed by atoms with Crippen LogP contribution in [0.15, 0.2) is 30.3 Å². The Labute approximate surface area is 147 Å². The lowest BCUT2D eigenvalue weighted by atomic mass is 9.94. The van der Waals surface area contributed by atoms with Crippen LogP contribution >= 0.6 is 0 Å². The van der Waals surface area contributed by atoms with Crippen molar-refractivity contribution in [3.05, 3.63) is 35.9 Å². The quantitative estimate of drug-likeness (QED) is 0.656. The Morgan fingerprint density at radius 3 is 2.64 bits per heavy atom. The molecule has 1 aliphatic rings. The maximum atomic E-state index is 12.7. The summed E-state index contributed by atoms with van der Waals surface area (Å²) in [5, 5.41) is 4.76. The predicted octanol–water partition coefficient (Wildman–Crippen LogP) is 0.0413. The Hall–Kier alpha value is -2.41. The lowest BCUT2D eigenvalue weighted by molar-refractivity contribution is -0.929. The molecule has 7 heteroatoms. The molecule has 0 bridgehead atoms. The third kappa shape index (κ3) is 5.03. The summed E-state index contributed by atoms with van der Waals surface area (Å²) in [6, 6.07) is 8.26. The monoisotopic (exact) mass is 348 g/mol. The van der Waals surface area contributed by atoms with E-state index in [0.717, 1.165) is 29.8 Å². The molecule has 2 rings (SSSR count). The van der Waals surface area contributed by atoms with Gasteiger partial charge < -0.3 is 15.0 Å². The molecule has 1 fully saturated rings. The number of benzene rings is 1. The average Bonchev–Trinajstić information content (AvgIpc) is 2.63. The first-order valence-electron chi connectivity index (χ1n) is 8.65. The zero-order valence-corrected chi connectivity index (χ0v) is 14.7. The van der Waals surface area contributed by atoms with Gasteiger partial charge in [-0.2, -0.15) is 0 Å². The first-order chi connectivity index (χ1) is 12.1. The number of piperidine rings is 1. The van der Waals surface area contributed by atoms with Crippen LogP contribution < -0.4 is 15.5 Å². The molecule has 1 heterocycles. The van der Waals surface area contributed by atoms with Gasteiger partial charge in [0.25, 0.3) is 5.91 Å². The van der Waals surface area contributed by atoms with Crippen LogP contribution in [0.25, 0.3) is 0 Å². The number of esters is 1. The van der Waals surface area contributed by atoms with Crippen LogP contribution in [0.1, 0.15) is 31.4 Å². The molecule has 1 aromatic carbocycles. The zero-order valence-electron chi connectivity index (χ0n) is 14.7. The fraction of sp³-hybridized carbons (Fsp3) is 0.500. The van der Waals surface area contributed by atoms with E-state index in [0.29, 0.717) is 13.2 Å². The van der Waals surface area contributed by atoms with E-state index in [1.165, 1.54) is 7.05 Å². The number of imide groups is 1. The van der Waals surface area contributed by atoms with E-state index in [1.807, 2.05) is 30.3 Å². The minimum atomic E-state index is -0.546. The summed E-state index contributed by atoms with van der Waals surface area (Å²) >= 11 is 0. The van der Waals surface area contributed by atoms with Gasteiger partial charge in [0.15, 0.2) is 6.04 Å². The molecule has 1 aliphatic heterocycles. The molecule has 1 saturated heterocycles. The van der Waals surface area contributed by atoms with Gasteiger partial charge in [0, 0.05) is 12.6 Å². The standard InChI is InChI=1S/C18H25N3O4/c1-3-25-17(23)14-10-7-11-21(12-14)15(13-8-5-4-6-9-13)16(22)20-18(24)19-2/h4-6,8-9,14-15H,3,7,10-12H2,1-2H3,(H2,19,20,22,24)/p+1/t14-,15+/m1/s1. The molecule has 7 nitrogen and oxygen atoms in total. The SMILES string of the molecule is CCOC(=O)[C@@H]1CCC[NH+]([C@H](C(=O)NC(=O)NC)c2ccccc2)C1. The molecule has 0 aromatic heterocycles. The van der Waals surface area contributed by atoms with Crippen molar-refractivity contribution in [2.45, 2.75) is 25.8 Å². The Morgan fingerprint density at radius 1 is 1.28 bits per heavy atom. The van der Waals surface area contributed by atoms with Crippen molar-refractivity contribution in [3.8, 4) is 0 Å². The van der Waals surface area contributed by atoms with Crippen LogP contribution in [-0.4, -0.2) is 44.7 Å². The highest BCUT2D eigenvalue weighted by Gasteiger charge is 2.38. The van der Waals surface area contributed by atoms with Crippen LogP contribution in [0.3, 0.4) is 0 Å². The van der Waals surface area contributed by atoms with Crippen molar-refractivity contribution in [3.63, 3.8) is 0 Å². The van der Waals surface area contributed by atoms with Gasteiger partial charge >= 0.3 is 12.0 Å². The number of hydrogen-bond acceptors (Lipinski definition) is 4. The number of nitrogens with one attached hydrogen (secondary N) is 3. The van der Waals surface area contributed by atoms with Crippen molar-refractivity contribution >= 4 is 17.9 Å². The first kappa shape index (κ1) is 18.9. The molecule has 0 spiro atoms. The summed E-state index contributed by atoms with van der Waals surface area (Å²) in [4.78, 5) is 37.3. The maximum Gasteiger partial charge on any atom is 0.321 e. The second kappa shape index (κ2) is 9.17. The molecule has 136 valence electrons. The van der Waals surface area contributed by atoms with Crippen molar-refractivity contribution < 1.29 is 24.0 Å². The Kier molecular flexibility index (Phi) is 6.94. The molecule has 0 aliphatic carbocycles. The van der Waals surface area contributed by atoms with E-state index >= 15 is 0 Å². The number of rotatable bonds is 5. The second-order valence-corrected chi connectivity index (χ2v) is 6.12. The average molecular weight is 348 g/mol. The van der Waals surface area contributed by atoms with Crippen LogP contribution in [0.2, 0.25) is 0 Å². The van der Waals surface area contributed by atoms with Gasteiger partial charge in [-0.3, -0.25) is 14.9 Å². The summed E-state index contributed by atoms with van der Waals surface area (Å²) < 4.78 is 5.14. The van der Waals surface area contributed by atoms with Crippen molar-refractivity contribution in [1.82, 2.24) is 10.6 Å². The fourth-order valence-corrected chi connectivity index (χ4v) is 3.28. The Balaban J connectivity index is 2.21. The van der Waals surface area contributed by atoms with Crippen molar-refractivity contribution in [2.24, 2.45) is 5.92 Å². The predicted molar refractivity (Wildman–Crippen MR) is 91.8 cm³/mol. The Morgan fingerprint density at radius 2 is 2.00 bits per heavy atom. The number of hydrogen-bond donors (Lipinski definition) is 3. The minimum absolute atomic E-state index is 0.210. The maximum absolute atomic E-state index is 12.7. The van der Waals surface area contributed by atoms with Gasteiger partial charge in [0.05, 0.1) is 19.7 Å². The number of carbonyl (C=O) groups is 3. The molecule has 3 atom stereocenters. The van der Waals surface area contributed by atoms with Gasteiger partial charge in [-0.05, 0) is 19.8 Å². The normalized spacial score (nSPS) is 21.0. The van der Waals surface area contributed by atoms with Gasteiger partial charge in [0.1, 0.15) is 5.92 Å². The van der Waals surface area contributed by atoms with Crippen molar-refractivity contribution in [2.75, 3.05) is 26.7 Å². The van der Waals surface area contributed by atoms with Crippen LogP contribution in [-0.2, 0) is 14.3 Å². The van der Waals surface area contributed by atoms with E-state index in [4.69, 9.17) is 4.74 Å². The third-order valence-electron chi connectivity index (χ3n) is 4.45. The second-order valence-electron chi connectivity index (χ2n) is 6.12. The van der Waals surface area contributed by atoms with Crippen LogP contribution in [0.5, 0.6) is 0 Å². The fourth-order valence-electron chi connectivity index (χ4n) is 3.28. The van der Waals surface area contributed by atoms with Gasteiger partial charge in [-0.1, -0.05) is 30.3 Å². The molecule has 3 N–H and O–H groups in total. The highest BCUT2D eigenvalue weighted by Crippen LogP contribution is 2.15.